The molecule has 0 bridgehead atoms. The Morgan fingerprint density at radius 2 is 1.09 bits per heavy atom. The number of halogens is 9. The van der Waals surface area contributed by atoms with Gasteiger partial charge in [-0.25, -0.2) is 0 Å². The van der Waals surface area contributed by atoms with Gasteiger partial charge in [0.05, 0.1) is 22.8 Å². The van der Waals surface area contributed by atoms with Crippen LogP contribution in [-0.2, 0) is 18.5 Å². The van der Waals surface area contributed by atoms with Gasteiger partial charge >= 0.3 is 18.5 Å². The van der Waals surface area contributed by atoms with Crippen LogP contribution in [0.15, 0.2) is 12.1 Å². The van der Waals surface area contributed by atoms with Crippen LogP contribution in [0.25, 0.3) is 0 Å². The average Bonchev–Trinajstić information content (AvgIpc) is 2.32. The first kappa shape index (κ1) is 19.6. The zero-order valence-corrected chi connectivity index (χ0v) is 11.7. The zero-order chi connectivity index (χ0) is 18.4. The van der Waals surface area contributed by atoms with Crippen molar-refractivity contribution in [2.75, 3.05) is 0 Å². The van der Waals surface area contributed by atoms with Gasteiger partial charge in [0.25, 0.3) is 0 Å². The lowest BCUT2D eigenvalue weighted by molar-refractivity contribution is -0.174. The molecule has 1 N–H and O–H groups in total. The second kappa shape index (κ2) is 5.88. The van der Waals surface area contributed by atoms with Crippen LogP contribution in [0.4, 0.5) is 39.5 Å². The van der Waals surface area contributed by atoms with E-state index in [4.69, 9.17) is 0 Å². The van der Waals surface area contributed by atoms with E-state index in [1.54, 1.807) is 0 Å². The Morgan fingerprint density at radius 3 is 1.30 bits per heavy atom. The van der Waals surface area contributed by atoms with Crippen LogP contribution in [0, 0.1) is 5.92 Å². The Balaban J connectivity index is 3.88. The van der Waals surface area contributed by atoms with Gasteiger partial charge in [-0.1, -0.05) is 13.8 Å². The highest BCUT2D eigenvalue weighted by molar-refractivity contribution is 5.45. The van der Waals surface area contributed by atoms with Crippen molar-refractivity contribution in [1.29, 1.82) is 0 Å². The van der Waals surface area contributed by atoms with E-state index in [1.165, 1.54) is 13.8 Å². The topological polar surface area (TPSA) is 20.2 Å². The summed E-state index contributed by atoms with van der Waals surface area (Å²) in [5.74, 6) is -0.797. The van der Waals surface area contributed by atoms with Crippen molar-refractivity contribution in [1.82, 2.24) is 0 Å². The van der Waals surface area contributed by atoms with E-state index in [0.29, 0.717) is 0 Å². The minimum Gasteiger partial charge on any atom is -0.388 e. The highest BCUT2D eigenvalue weighted by Crippen LogP contribution is 2.48. The molecule has 1 aromatic rings. The lowest BCUT2D eigenvalue weighted by atomic mass is 9.91. The molecule has 23 heavy (non-hydrogen) atoms. The van der Waals surface area contributed by atoms with Crippen molar-refractivity contribution in [3.8, 4) is 0 Å². The number of rotatable bonds is 2. The second-order valence-corrected chi connectivity index (χ2v) is 5.17. The SMILES string of the molecule is CC(C)C(O)c1cc(C(F)(F)F)c(C(F)(F)F)c(C(F)(F)F)c1. The molecule has 10 heteroatoms. The Kier molecular flexibility index (Phi) is 5.01. The zero-order valence-electron chi connectivity index (χ0n) is 11.7. The molecule has 1 atom stereocenters. The monoisotopic (exact) mass is 354 g/mol. The normalized spacial score (nSPS) is 15.2. The summed E-state index contributed by atoms with van der Waals surface area (Å²) in [6, 6.07) is -0.189. The highest BCUT2D eigenvalue weighted by Gasteiger charge is 2.50. The van der Waals surface area contributed by atoms with Gasteiger partial charge < -0.3 is 5.11 Å². The standard InChI is InChI=1S/C13H11F9O/c1-5(2)10(23)6-3-7(11(14,15)16)9(13(20,21)22)8(4-6)12(17,18)19/h3-5,10,23H,1-2H3. The Labute approximate surface area is 124 Å². The minimum atomic E-state index is -5.86. The number of aliphatic hydroxyl groups is 1. The van der Waals surface area contributed by atoms with Gasteiger partial charge in [0.2, 0.25) is 0 Å². The predicted molar refractivity (Wildman–Crippen MR) is 61.2 cm³/mol. The van der Waals surface area contributed by atoms with Crippen LogP contribution >= 0.6 is 0 Å². The smallest absolute Gasteiger partial charge is 0.388 e. The maximum atomic E-state index is 12.8. The molecule has 1 aromatic carbocycles. The fourth-order valence-corrected chi connectivity index (χ4v) is 1.97. The second-order valence-electron chi connectivity index (χ2n) is 5.17. The Bertz CT molecular complexity index is 531. The van der Waals surface area contributed by atoms with Crippen molar-refractivity contribution >= 4 is 0 Å². The summed E-state index contributed by atoms with van der Waals surface area (Å²) in [6.45, 7) is 2.59. The molecule has 1 rings (SSSR count). The Hall–Kier alpha value is -1.45. The maximum Gasteiger partial charge on any atom is 0.417 e. The van der Waals surface area contributed by atoms with E-state index < -0.39 is 52.8 Å². The lowest BCUT2D eigenvalue weighted by Gasteiger charge is -2.24. The van der Waals surface area contributed by atoms with Crippen molar-refractivity contribution < 1.29 is 44.6 Å². The highest BCUT2D eigenvalue weighted by atomic mass is 19.4. The van der Waals surface area contributed by atoms with Crippen LogP contribution < -0.4 is 0 Å². The third kappa shape index (κ3) is 4.30. The van der Waals surface area contributed by atoms with E-state index in [9.17, 15) is 44.6 Å². The van der Waals surface area contributed by atoms with E-state index in [-0.39, 0.29) is 12.1 Å². The van der Waals surface area contributed by atoms with E-state index in [1.807, 2.05) is 0 Å². The summed E-state index contributed by atoms with van der Waals surface area (Å²) >= 11 is 0. The fourth-order valence-electron chi connectivity index (χ4n) is 1.97. The van der Waals surface area contributed by atoms with Gasteiger partial charge in [-0.05, 0) is 23.6 Å². The van der Waals surface area contributed by atoms with Crippen LogP contribution in [0.5, 0.6) is 0 Å². The summed E-state index contributed by atoms with van der Waals surface area (Å²) in [6.07, 6.45) is -19.0. The molecule has 0 amide bonds. The summed E-state index contributed by atoms with van der Waals surface area (Å²) in [5.41, 5.74) is -8.64. The molecule has 0 heterocycles. The summed E-state index contributed by atoms with van der Waals surface area (Å²) in [4.78, 5) is 0. The lowest BCUT2D eigenvalue weighted by Crippen LogP contribution is -2.24. The number of benzene rings is 1. The van der Waals surface area contributed by atoms with Crippen molar-refractivity contribution in [2.24, 2.45) is 5.92 Å². The average molecular weight is 354 g/mol. The van der Waals surface area contributed by atoms with Crippen molar-refractivity contribution in [2.45, 2.75) is 38.5 Å². The number of hydrogen-bond acceptors (Lipinski definition) is 1. The largest absolute Gasteiger partial charge is 0.417 e. The van der Waals surface area contributed by atoms with Crippen LogP contribution in [-0.4, -0.2) is 5.11 Å². The van der Waals surface area contributed by atoms with Gasteiger partial charge in [0.1, 0.15) is 0 Å². The first-order valence-electron chi connectivity index (χ1n) is 6.14. The van der Waals surface area contributed by atoms with Crippen LogP contribution in [0.3, 0.4) is 0 Å². The quantitative estimate of drug-likeness (QED) is 0.702. The molecule has 1 unspecified atom stereocenters. The summed E-state index contributed by atoms with van der Waals surface area (Å²) in [5, 5.41) is 9.66. The molecule has 0 fully saturated rings. The van der Waals surface area contributed by atoms with Crippen molar-refractivity contribution in [3.05, 3.63) is 34.4 Å². The maximum absolute atomic E-state index is 12.8. The molecule has 0 radical (unpaired) electrons. The number of alkyl halides is 9. The molecule has 0 saturated carbocycles. The van der Waals surface area contributed by atoms with E-state index >= 15 is 0 Å². The third-order valence-corrected chi connectivity index (χ3v) is 3.03. The summed E-state index contributed by atoms with van der Waals surface area (Å²) < 4.78 is 115. The molecule has 0 aliphatic carbocycles. The van der Waals surface area contributed by atoms with Gasteiger partial charge in [0.15, 0.2) is 0 Å². The molecule has 0 saturated heterocycles. The number of aliphatic hydroxyl groups excluding tert-OH is 1. The minimum absolute atomic E-state index is 0.0945. The van der Waals surface area contributed by atoms with Gasteiger partial charge in [-0.3, -0.25) is 0 Å². The van der Waals surface area contributed by atoms with Gasteiger partial charge in [-0.15, -0.1) is 0 Å². The molecule has 0 spiro atoms. The number of hydrogen-bond donors (Lipinski definition) is 1. The predicted octanol–water partition coefficient (Wildman–Crippen LogP) is 5.43. The molecule has 0 aliphatic rings. The molecule has 132 valence electrons. The molecule has 1 nitrogen and oxygen atoms in total. The molecular weight excluding hydrogens is 343 g/mol. The molecule has 0 aromatic heterocycles. The third-order valence-electron chi connectivity index (χ3n) is 3.03. The first-order chi connectivity index (χ1) is 10.1. The van der Waals surface area contributed by atoms with Crippen LogP contribution in [0.2, 0.25) is 0 Å². The molecular formula is C13H11F9O. The van der Waals surface area contributed by atoms with Crippen molar-refractivity contribution in [3.63, 3.8) is 0 Å². The fraction of sp³-hybridized carbons (Fsp3) is 0.538. The Morgan fingerprint density at radius 1 is 0.739 bits per heavy atom. The van der Waals surface area contributed by atoms with Gasteiger partial charge in [-0.2, -0.15) is 39.5 Å². The van der Waals surface area contributed by atoms with Crippen LogP contribution in [0.1, 0.15) is 42.2 Å². The van der Waals surface area contributed by atoms with E-state index in [2.05, 4.69) is 0 Å². The van der Waals surface area contributed by atoms with Gasteiger partial charge in [0, 0.05) is 0 Å². The first-order valence-corrected chi connectivity index (χ1v) is 6.14. The van der Waals surface area contributed by atoms with E-state index in [0.717, 1.165) is 0 Å². The summed E-state index contributed by atoms with van der Waals surface area (Å²) in [7, 11) is 0. The molecule has 0 aliphatic heterocycles.